The molecule has 0 aliphatic carbocycles. The molecule has 0 unspecified atom stereocenters. The molecule has 0 spiro atoms. The van der Waals surface area contributed by atoms with E-state index in [1.807, 2.05) is 0 Å². The number of hydrogen-bond acceptors (Lipinski definition) is 0. The maximum atomic E-state index is 5.61. The van der Waals surface area contributed by atoms with Gasteiger partial charge >= 0.3 is 0 Å². The van der Waals surface area contributed by atoms with Gasteiger partial charge in [0.15, 0.2) is 0 Å². The van der Waals surface area contributed by atoms with Crippen molar-refractivity contribution in [2.75, 3.05) is 0 Å². The molecule has 0 saturated heterocycles. The molecule has 1 heteroatoms. The molecule has 0 amide bonds. The quantitative estimate of drug-likeness (QED) is 0.648. The molecule has 0 radical (unpaired) electrons. The van der Waals surface area contributed by atoms with Gasteiger partial charge in [0.25, 0.3) is 0 Å². The second kappa shape index (κ2) is 4.14. The molecule has 1 rings (SSSR count). The molecule has 0 aliphatic rings. The molecule has 0 atom stereocenters. The Morgan fingerprint density at radius 2 is 1.67 bits per heavy atom. The normalized spacial score (nSPS) is 11.1. The van der Waals surface area contributed by atoms with Crippen LogP contribution in [0.25, 0.3) is 0 Å². The van der Waals surface area contributed by atoms with Crippen molar-refractivity contribution >= 4 is 0 Å². The van der Waals surface area contributed by atoms with E-state index in [0.29, 0.717) is 11.8 Å². The molecule has 0 fully saturated rings. The summed E-state index contributed by atoms with van der Waals surface area (Å²) in [4.78, 5) is 0. The van der Waals surface area contributed by atoms with E-state index in [1.165, 1.54) is 17.0 Å². The van der Waals surface area contributed by atoms with Crippen molar-refractivity contribution in [1.82, 2.24) is 4.57 Å². The summed E-state index contributed by atoms with van der Waals surface area (Å²) >= 11 is 0. The molecule has 15 heavy (non-hydrogen) atoms. The first-order valence-electron chi connectivity index (χ1n) is 5.57. The summed E-state index contributed by atoms with van der Waals surface area (Å²) in [7, 11) is 2.11. The summed E-state index contributed by atoms with van der Waals surface area (Å²) < 4.78 is 2.25. The van der Waals surface area contributed by atoms with Crippen LogP contribution < -0.4 is 0 Å². The van der Waals surface area contributed by atoms with E-state index in [0.717, 1.165) is 5.56 Å². The lowest BCUT2D eigenvalue weighted by molar-refractivity contribution is 0.701. The first-order chi connectivity index (χ1) is 6.91. The van der Waals surface area contributed by atoms with Gasteiger partial charge in [0.1, 0.15) is 0 Å². The minimum Gasteiger partial charge on any atom is -0.350 e. The summed E-state index contributed by atoms with van der Waals surface area (Å²) in [6.07, 6.45) is 5.61. The van der Waals surface area contributed by atoms with Crippen molar-refractivity contribution in [3.8, 4) is 12.3 Å². The van der Waals surface area contributed by atoms with Gasteiger partial charge in [-0.25, -0.2) is 0 Å². The minimum absolute atomic E-state index is 0.494. The van der Waals surface area contributed by atoms with E-state index in [-0.39, 0.29) is 0 Å². The third kappa shape index (κ3) is 1.81. The third-order valence-corrected chi connectivity index (χ3v) is 3.04. The molecular weight excluding hydrogens is 182 g/mol. The predicted molar refractivity (Wildman–Crippen MR) is 66.3 cm³/mol. The molecule has 0 aromatic carbocycles. The van der Waals surface area contributed by atoms with Gasteiger partial charge in [-0.2, -0.15) is 0 Å². The second-order valence-corrected chi connectivity index (χ2v) is 4.77. The fourth-order valence-electron chi connectivity index (χ4n) is 2.32. The zero-order valence-electron chi connectivity index (χ0n) is 10.7. The average molecular weight is 203 g/mol. The fourth-order valence-corrected chi connectivity index (χ4v) is 2.32. The fraction of sp³-hybridized carbons (Fsp3) is 0.571. The second-order valence-electron chi connectivity index (χ2n) is 4.77. The molecule has 0 N–H and O–H groups in total. The van der Waals surface area contributed by atoms with E-state index in [2.05, 4.69) is 52.2 Å². The minimum atomic E-state index is 0.494. The molecule has 1 nitrogen and oxygen atoms in total. The lowest BCUT2D eigenvalue weighted by Crippen LogP contribution is -2.03. The van der Waals surface area contributed by atoms with Crippen LogP contribution in [0.2, 0.25) is 0 Å². The Balaban J connectivity index is 3.58. The Kier molecular flexibility index (Phi) is 3.29. The molecular formula is C14H21N. The highest BCUT2D eigenvalue weighted by atomic mass is 15.0. The topological polar surface area (TPSA) is 4.93 Å². The van der Waals surface area contributed by atoms with Crippen LogP contribution in [0.5, 0.6) is 0 Å². The van der Waals surface area contributed by atoms with Gasteiger partial charge in [0, 0.05) is 24.0 Å². The van der Waals surface area contributed by atoms with Crippen LogP contribution >= 0.6 is 0 Å². The van der Waals surface area contributed by atoms with Crippen LogP contribution in [0, 0.1) is 19.3 Å². The smallest absolute Gasteiger partial charge is 0.0486 e. The van der Waals surface area contributed by atoms with Gasteiger partial charge in [-0.3, -0.25) is 0 Å². The molecule has 0 saturated carbocycles. The van der Waals surface area contributed by atoms with Crippen LogP contribution in [-0.4, -0.2) is 4.57 Å². The molecule has 0 bridgehead atoms. The van der Waals surface area contributed by atoms with Gasteiger partial charge in [-0.15, -0.1) is 6.42 Å². The highest BCUT2D eigenvalue weighted by Gasteiger charge is 2.21. The maximum absolute atomic E-state index is 5.61. The van der Waals surface area contributed by atoms with Crippen LogP contribution in [0.15, 0.2) is 0 Å². The maximum Gasteiger partial charge on any atom is 0.0486 e. The molecule has 1 heterocycles. The third-order valence-electron chi connectivity index (χ3n) is 3.04. The van der Waals surface area contributed by atoms with Crippen molar-refractivity contribution < 1.29 is 0 Å². The Morgan fingerprint density at radius 3 is 2.00 bits per heavy atom. The highest BCUT2D eigenvalue weighted by molar-refractivity contribution is 5.50. The van der Waals surface area contributed by atoms with Crippen molar-refractivity contribution in [2.45, 2.75) is 46.5 Å². The van der Waals surface area contributed by atoms with Gasteiger partial charge in [-0.1, -0.05) is 33.6 Å². The lowest BCUT2D eigenvalue weighted by Gasteiger charge is -2.14. The SMILES string of the molecule is C#Cc1c(C(C)C)c(C(C)C)n(C)c1C. The zero-order valence-corrected chi connectivity index (χ0v) is 10.7. The molecule has 1 aromatic heterocycles. The van der Waals surface area contributed by atoms with Crippen LogP contribution in [-0.2, 0) is 7.05 Å². The molecule has 1 aromatic rings. The monoisotopic (exact) mass is 203 g/mol. The summed E-state index contributed by atoms with van der Waals surface area (Å²) in [6.45, 7) is 11.0. The zero-order chi connectivity index (χ0) is 11.7. The van der Waals surface area contributed by atoms with Gasteiger partial charge in [0.2, 0.25) is 0 Å². The Labute approximate surface area is 93.5 Å². The Morgan fingerprint density at radius 1 is 1.13 bits per heavy atom. The standard InChI is InChI=1S/C14H21N/c1-8-12-11(6)15(7)14(10(4)5)13(12)9(2)3/h1,9-10H,2-7H3. The number of rotatable bonds is 2. The first kappa shape index (κ1) is 11.9. The Bertz CT molecular complexity index is 400. The average Bonchev–Trinajstić information content (AvgIpc) is 2.39. The van der Waals surface area contributed by atoms with E-state index in [1.54, 1.807) is 0 Å². The number of nitrogens with zero attached hydrogens (tertiary/aromatic N) is 1. The van der Waals surface area contributed by atoms with Crippen molar-refractivity contribution in [1.29, 1.82) is 0 Å². The first-order valence-corrected chi connectivity index (χ1v) is 5.57. The van der Waals surface area contributed by atoms with Gasteiger partial charge < -0.3 is 4.57 Å². The summed E-state index contributed by atoms with van der Waals surface area (Å²) in [5, 5.41) is 0. The number of aromatic nitrogens is 1. The van der Waals surface area contributed by atoms with Crippen LogP contribution in [0.1, 0.15) is 62.0 Å². The van der Waals surface area contributed by atoms with E-state index in [9.17, 15) is 0 Å². The highest BCUT2D eigenvalue weighted by Crippen LogP contribution is 2.32. The van der Waals surface area contributed by atoms with E-state index in [4.69, 9.17) is 6.42 Å². The number of terminal acetylenes is 1. The summed E-state index contributed by atoms with van der Waals surface area (Å²) in [5.74, 6) is 3.86. The van der Waals surface area contributed by atoms with Crippen molar-refractivity contribution in [2.24, 2.45) is 7.05 Å². The van der Waals surface area contributed by atoms with E-state index < -0.39 is 0 Å². The Hall–Kier alpha value is -1.16. The molecule has 82 valence electrons. The summed E-state index contributed by atoms with van der Waals surface area (Å²) in [5.41, 5.74) is 5.05. The van der Waals surface area contributed by atoms with Crippen LogP contribution in [0.3, 0.4) is 0 Å². The van der Waals surface area contributed by atoms with Gasteiger partial charge in [-0.05, 0) is 24.3 Å². The molecule has 0 aliphatic heterocycles. The van der Waals surface area contributed by atoms with Gasteiger partial charge in [0.05, 0.1) is 0 Å². The summed E-state index contributed by atoms with van der Waals surface area (Å²) in [6, 6.07) is 0. The largest absolute Gasteiger partial charge is 0.350 e. The number of hydrogen-bond donors (Lipinski definition) is 0. The van der Waals surface area contributed by atoms with Crippen molar-refractivity contribution in [3.63, 3.8) is 0 Å². The predicted octanol–water partition coefficient (Wildman–Crippen LogP) is 3.56. The lowest BCUT2D eigenvalue weighted by atomic mass is 9.94. The van der Waals surface area contributed by atoms with Crippen molar-refractivity contribution in [3.05, 3.63) is 22.5 Å². The van der Waals surface area contributed by atoms with E-state index >= 15 is 0 Å². The van der Waals surface area contributed by atoms with Crippen LogP contribution in [0.4, 0.5) is 0 Å².